The van der Waals surface area contributed by atoms with Crippen molar-refractivity contribution >= 4 is 37.6 Å². The Balaban J connectivity index is 2.10. The quantitative estimate of drug-likeness (QED) is 0.804. The van der Waals surface area contributed by atoms with Gasteiger partial charge in [-0.1, -0.05) is 34.1 Å². The van der Waals surface area contributed by atoms with E-state index in [2.05, 4.69) is 25.4 Å². The summed E-state index contributed by atoms with van der Waals surface area (Å²) in [6, 6.07) is 13.2. The summed E-state index contributed by atoms with van der Waals surface area (Å²) in [5, 5.41) is 0. The molecule has 2 aromatic rings. The van der Waals surface area contributed by atoms with Gasteiger partial charge in [-0.05, 0) is 35.9 Å². The zero-order chi connectivity index (χ0) is 16.2. The van der Waals surface area contributed by atoms with E-state index in [0.29, 0.717) is 16.8 Å². The van der Waals surface area contributed by atoms with Crippen molar-refractivity contribution in [1.82, 2.24) is 0 Å². The van der Waals surface area contributed by atoms with Crippen molar-refractivity contribution in [3.05, 3.63) is 64.1 Å². The molecule has 0 fully saturated rings. The molecule has 2 rings (SSSR count). The molecule has 5 nitrogen and oxygen atoms in total. The molecule has 0 aliphatic heterocycles. The smallest absolute Gasteiger partial charge is 0.337 e. The van der Waals surface area contributed by atoms with Gasteiger partial charge in [0.05, 0.1) is 18.4 Å². The van der Waals surface area contributed by atoms with Crippen LogP contribution in [0.1, 0.15) is 15.9 Å². The second kappa shape index (κ2) is 6.93. The fraction of sp³-hybridized carbons (Fsp3) is 0.133. The first-order valence-corrected chi connectivity index (χ1v) is 8.77. The van der Waals surface area contributed by atoms with Crippen molar-refractivity contribution < 1.29 is 17.9 Å². The number of anilines is 1. The summed E-state index contributed by atoms with van der Waals surface area (Å²) in [4.78, 5) is 11.3. The van der Waals surface area contributed by atoms with Gasteiger partial charge < -0.3 is 4.74 Å². The number of ether oxygens (including phenoxy) is 1. The van der Waals surface area contributed by atoms with Crippen LogP contribution in [0.4, 0.5) is 5.69 Å². The number of carbonyl (C=O) groups is 1. The van der Waals surface area contributed by atoms with Crippen molar-refractivity contribution in [3.8, 4) is 0 Å². The van der Waals surface area contributed by atoms with E-state index in [1.807, 2.05) is 6.07 Å². The average molecular weight is 384 g/mol. The molecule has 0 radical (unpaired) electrons. The Hall–Kier alpha value is -1.86. The first-order valence-electron chi connectivity index (χ1n) is 6.33. The highest BCUT2D eigenvalue weighted by Crippen LogP contribution is 2.18. The van der Waals surface area contributed by atoms with Gasteiger partial charge in [-0.3, -0.25) is 4.72 Å². The van der Waals surface area contributed by atoms with Gasteiger partial charge in [-0.25, -0.2) is 13.2 Å². The largest absolute Gasteiger partial charge is 0.465 e. The van der Waals surface area contributed by atoms with Crippen LogP contribution in [-0.4, -0.2) is 21.5 Å². The average Bonchev–Trinajstić information content (AvgIpc) is 2.46. The van der Waals surface area contributed by atoms with Crippen LogP contribution in [0.25, 0.3) is 0 Å². The SMILES string of the molecule is COC(=O)c1ccc(CS(=O)(=O)Nc2cccc(Br)c2)cc1. The van der Waals surface area contributed by atoms with E-state index in [9.17, 15) is 13.2 Å². The standard InChI is InChI=1S/C15H14BrNO4S/c1-21-15(18)12-7-5-11(6-8-12)10-22(19,20)17-14-4-2-3-13(16)9-14/h2-9,17H,10H2,1H3. The highest BCUT2D eigenvalue weighted by Gasteiger charge is 2.13. The van der Waals surface area contributed by atoms with Crippen LogP contribution in [0.15, 0.2) is 53.0 Å². The summed E-state index contributed by atoms with van der Waals surface area (Å²) in [7, 11) is -2.24. The van der Waals surface area contributed by atoms with Crippen LogP contribution in [0, 0.1) is 0 Å². The van der Waals surface area contributed by atoms with Crippen LogP contribution in [0.2, 0.25) is 0 Å². The van der Waals surface area contributed by atoms with Gasteiger partial charge in [-0.15, -0.1) is 0 Å². The molecule has 0 unspecified atom stereocenters. The molecule has 7 heteroatoms. The minimum Gasteiger partial charge on any atom is -0.465 e. The lowest BCUT2D eigenvalue weighted by atomic mass is 10.1. The lowest BCUT2D eigenvalue weighted by Crippen LogP contribution is -2.15. The molecule has 0 aliphatic carbocycles. The third-order valence-electron chi connectivity index (χ3n) is 2.83. The molecule has 0 aromatic heterocycles. The van der Waals surface area contributed by atoms with Crippen molar-refractivity contribution in [2.75, 3.05) is 11.8 Å². The van der Waals surface area contributed by atoms with Crippen LogP contribution >= 0.6 is 15.9 Å². The van der Waals surface area contributed by atoms with Gasteiger partial charge in [0, 0.05) is 10.2 Å². The molecule has 0 saturated heterocycles. The Labute approximate surface area is 137 Å². The lowest BCUT2D eigenvalue weighted by molar-refractivity contribution is 0.0600. The molecule has 0 amide bonds. The fourth-order valence-electron chi connectivity index (χ4n) is 1.84. The summed E-state index contributed by atoms with van der Waals surface area (Å²) in [5.74, 6) is -0.636. The van der Waals surface area contributed by atoms with Crippen LogP contribution in [0.5, 0.6) is 0 Å². The molecule has 2 aromatic carbocycles. The maximum atomic E-state index is 12.1. The summed E-state index contributed by atoms with van der Waals surface area (Å²) in [5.41, 5.74) is 1.44. The van der Waals surface area contributed by atoms with Crippen molar-refractivity contribution in [3.63, 3.8) is 0 Å². The van der Waals surface area contributed by atoms with Crippen molar-refractivity contribution in [2.24, 2.45) is 0 Å². The van der Waals surface area contributed by atoms with E-state index in [1.165, 1.54) is 19.2 Å². The molecular formula is C15H14BrNO4S. The van der Waals surface area contributed by atoms with E-state index >= 15 is 0 Å². The molecule has 116 valence electrons. The van der Waals surface area contributed by atoms with Gasteiger partial charge >= 0.3 is 5.97 Å². The Morgan fingerprint density at radius 2 is 1.86 bits per heavy atom. The molecule has 22 heavy (non-hydrogen) atoms. The van der Waals surface area contributed by atoms with E-state index in [-0.39, 0.29) is 5.75 Å². The summed E-state index contributed by atoms with van der Waals surface area (Å²) in [6.45, 7) is 0. The predicted octanol–water partition coefficient (Wildman–Crippen LogP) is 3.18. The molecule has 0 saturated carbocycles. The first-order chi connectivity index (χ1) is 10.4. The number of benzene rings is 2. The Kier molecular flexibility index (Phi) is 5.20. The summed E-state index contributed by atoms with van der Waals surface area (Å²) in [6.07, 6.45) is 0. The zero-order valence-corrected chi connectivity index (χ0v) is 14.1. The highest BCUT2D eigenvalue weighted by atomic mass is 79.9. The molecule has 1 N–H and O–H groups in total. The van der Waals surface area contributed by atoms with E-state index in [4.69, 9.17) is 0 Å². The second-order valence-corrected chi connectivity index (χ2v) is 7.20. The number of hydrogen-bond acceptors (Lipinski definition) is 4. The van der Waals surface area contributed by atoms with Gasteiger partial charge in [0.1, 0.15) is 0 Å². The van der Waals surface area contributed by atoms with Gasteiger partial charge in [-0.2, -0.15) is 0 Å². The predicted molar refractivity (Wildman–Crippen MR) is 88.2 cm³/mol. The van der Waals surface area contributed by atoms with Crippen LogP contribution < -0.4 is 4.72 Å². The number of carbonyl (C=O) groups excluding carboxylic acids is 1. The van der Waals surface area contributed by atoms with Gasteiger partial charge in [0.2, 0.25) is 10.0 Å². The normalized spacial score (nSPS) is 11.0. The maximum Gasteiger partial charge on any atom is 0.337 e. The number of sulfonamides is 1. The molecule has 0 heterocycles. The third kappa shape index (κ3) is 4.57. The summed E-state index contributed by atoms with van der Waals surface area (Å²) >= 11 is 3.29. The Bertz CT molecular complexity index is 772. The van der Waals surface area contributed by atoms with Crippen LogP contribution in [-0.2, 0) is 20.5 Å². The second-order valence-electron chi connectivity index (χ2n) is 4.56. The van der Waals surface area contributed by atoms with Crippen molar-refractivity contribution in [1.29, 1.82) is 0 Å². The van der Waals surface area contributed by atoms with Crippen molar-refractivity contribution in [2.45, 2.75) is 5.75 Å². The Morgan fingerprint density at radius 3 is 2.45 bits per heavy atom. The number of esters is 1. The zero-order valence-electron chi connectivity index (χ0n) is 11.7. The molecule has 0 atom stereocenters. The number of nitrogens with one attached hydrogen (secondary N) is 1. The highest BCUT2D eigenvalue weighted by molar-refractivity contribution is 9.10. The minimum absolute atomic E-state index is 0.180. The molecular weight excluding hydrogens is 370 g/mol. The van der Waals surface area contributed by atoms with E-state index in [0.717, 1.165) is 4.47 Å². The number of methoxy groups -OCH3 is 1. The van der Waals surface area contributed by atoms with Crippen LogP contribution in [0.3, 0.4) is 0 Å². The molecule has 0 bridgehead atoms. The van der Waals surface area contributed by atoms with Gasteiger partial charge in [0.25, 0.3) is 0 Å². The number of halogens is 1. The van der Waals surface area contributed by atoms with E-state index in [1.54, 1.807) is 30.3 Å². The third-order valence-corrected chi connectivity index (χ3v) is 4.58. The molecule has 0 spiro atoms. The minimum atomic E-state index is -3.53. The maximum absolute atomic E-state index is 12.1. The topological polar surface area (TPSA) is 72.5 Å². The number of hydrogen-bond donors (Lipinski definition) is 1. The fourth-order valence-corrected chi connectivity index (χ4v) is 3.43. The number of rotatable bonds is 5. The molecule has 0 aliphatic rings. The van der Waals surface area contributed by atoms with Gasteiger partial charge in [0.15, 0.2) is 0 Å². The lowest BCUT2D eigenvalue weighted by Gasteiger charge is -2.09. The summed E-state index contributed by atoms with van der Waals surface area (Å²) < 4.78 is 32.2. The Morgan fingerprint density at radius 1 is 1.18 bits per heavy atom. The van der Waals surface area contributed by atoms with E-state index < -0.39 is 16.0 Å². The first kappa shape index (κ1) is 16.5. The monoisotopic (exact) mass is 383 g/mol.